The van der Waals surface area contributed by atoms with Gasteiger partial charge in [0.15, 0.2) is 6.29 Å². The highest BCUT2D eigenvalue weighted by Gasteiger charge is 2.24. The van der Waals surface area contributed by atoms with E-state index in [0.717, 1.165) is 3.97 Å². The van der Waals surface area contributed by atoms with Crippen molar-refractivity contribution in [2.75, 3.05) is 0 Å². The predicted molar refractivity (Wildman–Crippen MR) is 86.8 cm³/mol. The minimum Gasteiger partial charge on any atom is -0.298 e. The summed E-state index contributed by atoms with van der Waals surface area (Å²) in [6, 6.07) is 15.6. The summed E-state index contributed by atoms with van der Waals surface area (Å²) < 4.78 is 26.5. The Hall–Kier alpha value is -2.11. The van der Waals surface area contributed by atoms with E-state index in [0.29, 0.717) is 22.8 Å². The first-order valence-electron chi connectivity index (χ1n) is 6.56. The molecular weight excluding hydrogens is 322 g/mol. The van der Waals surface area contributed by atoms with Crippen molar-refractivity contribution in [2.45, 2.75) is 5.75 Å². The molecule has 0 aliphatic rings. The van der Waals surface area contributed by atoms with Gasteiger partial charge in [0, 0.05) is 5.39 Å². The monoisotopic (exact) mass is 333 g/mol. The molecule has 0 aliphatic carbocycles. The number of fused-ring (bicyclic) bond motifs is 1. The van der Waals surface area contributed by atoms with E-state index < -0.39 is 10.0 Å². The number of hydrogen-bond donors (Lipinski definition) is 0. The van der Waals surface area contributed by atoms with Gasteiger partial charge in [-0.25, -0.2) is 12.4 Å². The highest BCUT2D eigenvalue weighted by Crippen LogP contribution is 2.31. The molecule has 0 unspecified atom stereocenters. The van der Waals surface area contributed by atoms with Gasteiger partial charge in [0.1, 0.15) is 5.15 Å². The van der Waals surface area contributed by atoms with Crippen LogP contribution < -0.4 is 0 Å². The van der Waals surface area contributed by atoms with Crippen molar-refractivity contribution in [2.24, 2.45) is 0 Å². The largest absolute Gasteiger partial charge is 0.298 e. The van der Waals surface area contributed by atoms with E-state index in [1.807, 2.05) is 6.07 Å². The Morgan fingerprint density at radius 3 is 2.32 bits per heavy atom. The summed E-state index contributed by atoms with van der Waals surface area (Å²) in [6.07, 6.45) is 0.583. The van der Waals surface area contributed by atoms with Gasteiger partial charge in [-0.15, -0.1) is 0 Å². The molecule has 6 heteroatoms. The van der Waals surface area contributed by atoms with Crippen LogP contribution in [0.15, 0.2) is 54.6 Å². The Labute approximate surface area is 133 Å². The Morgan fingerprint density at radius 2 is 1.64 bits per heavy atom. The normalized spacial score (nSPS) is 11.7. The van der Waals surface area contributed by atoms with Gasteiger partial charge < -0.3 is 0 Å². The third-order valence-electron chi connectivity index (χ3n) is 3.40. The van der Waals surface area contributed by atoms with E-state index in [1.54, 1.807) is 48.5 Å². The number of hydrogen-bond acceptors (Lipinski definition) is 3. The maximum Gasteiger partial charge on any atom is 0.244 e. The fourth-order valence-corrected chi connectivity index (χ4v) is 4.54. The van der Waals surface area contributed by atoms with Crippen LogP contribution in [-0.2, 0) is 15.8 Å². The lowest BCUT2D eigenvalue weighted by atomic mass is 10.2. The second-order valence-corrected chi connectivity index (χ2v) is 7.02. The molecule has 0 N–H and O–H groups in total. The Balaban J connectivity index is 2.21. The van der Waals surface area contributed by atoms with Crippen molar-refractivity contribution in [1.29, 1.82) is 0 Å². The highest BCUT2D eigenvalue weighted by atomic mass is 35.5. The van der Waals surface area contributed by atoms with Crippen molar-refractivity contribution in [1.82, 2.24) is 3.97 Å². The summed E-state index contributed by atoms with van der Waals surface area (Å²) in [4.78, 5) is 11.2. The Kier molecular flexibility index (Phi) is 3.76. The zero-order valence-electron chi connectivity index (χ0n) is 11.4. The van der Waals surface area contributed by atoms with E-state index in [2.05, 4.69) is 0 Å². The molecular formula is C16H12ClNO3S. The van der Waals surface area contributed by atoms with Gasteiger partial charge in [0.25, 0.3) is 0 Å². The van der Waals surface area contributed by atoms with Crippen LogP contribution >= 0.6 is 11.6 Å². The standard InChI is InChI=1S/C16H12ClNO3S/c17-16-14(10-19)13-8-4-5-9-15(13)18(16)22(20,21)11-12-6-2-1-3-7-12/h1-10H,11H2. The zero-order valence-corrected chi connectivity index (χ0v) is 13.0. The number of para-hydroxylation sites is 1. The number of halogens is 1. The molecule has 0 bridgehead atoms. The lowest BCUT2D eigenvalue weighted by Gasteiger charge is -2.09. The first-order valence-corrected chi connectivity index (χ1v) is 8.54. The van der Waals surface area contributed by atoms with Crippen LogP contribution in [0.1, 0.15) is 15.9 Å². The molecule has 0 spiro atoms. The molecule has 2 aromatic carbocycles. The summed E-state index contributed by atoms with van der Waals surface area (Å²) in [5, 5.41) is 0.450. The number of carbonyl (C=O) groups is 1. The first kappa shape index (κ1) is 14.8. The molecule has 112 valence electrons. The second-order valence-electron chi connectivity index (χ2n) is 4.85. The van der Waals surface area contributed by atoms with Crippen LogP contribution in [0.4, 0.5) is 0 Å². The Morgan fingerprint density at radius 1 is 1.00 bits per heavy atom. The molecule has 0 atom stereocenters. The van der Waals surface area contributed by atoms with Gasteiger partial charge in [-0.2, -0.15) is 0 Å². The number of nitrogens with zero attached hydrogens (tertiary/aromatic N) is 1. The summed E-state index contributed by atoms with van der Waals surface area (Å²) in [7, 11) is -3.73. The third-order valence-corrected chi connectivity index (χ3v) is 5.51. The summed E-state index contributed by atoms with van der Waals surface area (Å²) in [5.74, 6) is -0.190. The molecule has 22 heavy (non-hydrogen) atoms. The molecule has 0 saturated heterocycles. The zero-order chi connectivity index (χ0) is 15.7. The topological polar surface area (TPSA) is 56.1 Å². The number of aldehydes is 1. The van der Waals surface area contributed by atoms with Gasteiger partial charge in [-0.05, 0) is 11.6 Å². The lowest BCUT2D eigenvalue weighted by Crippen LogP contribution is -2.15. The van der Waals surface area contributed by atoms with Gasteiger partial charge in [0.05, 0.1) is 16.8 Å². The van der Waals surface area contributed by atoms with Crippen molar-refractivity contribution < 1.29 is 13.2 Å². The molecule has 4 nitrogen and oxygen atoms in total. The minimum absolute atomic E-state index is 0.0767. The molecule has 0 radical (unpaired) electrons. The van der Waals surface area contributed by atoms with E-state index in [9.17, 15) is 13.2 Å². The smallest absolute Gasteiger partial charge is 0.244 e. The SMILES string of the molecule is O=Cc1c(Cl)n(S(=O)(=O)Cc2ccccc2)c2ccccc12. The number of rotatable bonds is 4. The van der Waals surface area contributed by atoms with Crippen LogP contribution in [0.5, 0.6) is 0 Å². The predicted octanol–water partition coefficient (Wildman–Crippen LogP) is 3.49. The van der Waals surface area contributed by atoms with Crippen LogP contribution in [0.25, 0.3) is 10.9 Å². The number of benzene rings is 2. The average Bonchev–Trinajstić information content (AvgIpc) is 2.79. The summed E-state index contributed by atoms with van der Waals surface area (Å²) >= 11 is 6.16. The van der Waals surface area contributed by atoms with Gasteiger partial charge in [0.2, 0.25) is 10.0 Å². The van der Waals surface area contributed by atoms with E-state index >= 15 is 0 Å². The molecule has 0 aliphatic heterocycles. The quantitative estimate of drug-likeness (QED) is 0.687. The fourth-order valence-electron chi connectivity index (χ4n) is 2.44. The van der Waals surface area contributed by atoms with Gasteiger partial charge in [-0.1, -0.05) is 60.1 Å². The lowest BCUT2D eigenvalue weighted by molar-refractivity contribution is 0.112. The molecule has 1 heterocycles. The van der Waals surface area contributed by atoms with E-state index in [1.165, 1.54) is 0 Å². The third kappa shape index (κ3) is 2.42. The van der Waals surface area contributed by atoms with Crippen molar-refractivity contribution in [3.63, 3.8) is 0 Å². The van der Waals surface area contributed by atoms with Gasteiger partial charge in [-0.3, -0.25) is 4.79 Å². The first-order chi connectivity index (χ1) is 10.5. The number of carbonyl (C=O) groups excluding carboxylic acids is 1. The highest BCUT2D eigenvalue weighted by molar-refractivity contribution is 7.89. The summed E-state index contributed by atoms with van der Waals surface area (Å²) in [6.45, 7) is 0. The van der Waals surface area contributed by atoms with Crippen molar-refractivity contribution in [3.05, 3.63) is 70.9 Å². The van der Waals surface area contributed by atoms with Crippen LogP contribution in [0.3, 0.4) is 0 Å². The van der Waals surface area contributed by atoms with Crippen LogP contribution in [0, 0.1) is 0 Å². The Bertz CT molecular complexity index is 946. The molecule has 0 saturated carbocycles. The molecule has 0 fully saturated rings. The fraction of sp³-hybridized carbons (Fsp3) is 0.0625. The van der Waals surface area contributed by atoms with Crippen molar-refractivity contribution >= 4 is 38.8 Å². The molecule has 3 aromatic rings. The average molecular weight is 334 g/mol. The van der Waals surface area contributed by atoms with Crippen LogP contribution in [-0.4, -0.2) is 18.7 Å². The summed E-state index contributed by atoms with van der Waals surface area (Å²) in [5.41, 5.74) is 1.25. The maximum absolute atomic E-state index is 12.7. The van der Waals surface area contributed by atoms with E-state index in [-0.39, 0.29) is 16.5 Å². The number of aromatic nitrogens is 1. The maximum atomic E-state index is 12.7. The van der Waals surface area contributed by atoms with Crippen molar-refractivity contribution in [3.8, 4) is 0 Å². The second kappa shape index (κ2) is 5.59. The van der Waals surface area contributed by atoms with Crippen LogP contribution in [0.2, 0.25) is 5.15 Å². The van der Waals surface area contributed by atoms with E-state index in [4.69, 9.17) is 11.6 Å². The molecule has 3 rings (SSSR count). The van der Waals surface area contributed by atoms with Gasteiger partial charge >= 0.3 is 0 Å². The minimum atomic E-state index is -3.73. The molecule has 1 aromatic heterocycles. The molecule has 0 amide bonds.